The Morgan fingerprint density at radius 2 is 2.15 bits per heavy atom. The van der Waals surface area contributed by atoms with E-state index >= 15 is 0 Å². The number of aryl methyl sites for hydroxylation is 2. The first-order chi connectivity index (χ1) is 9.86. The molecule has 1 aliphatic carbocycles. The molecule has 1 aromatic heterocycles. The monoisotopic (exact) mass is 285 g/mol. The van der Waals surface area contributed by atoms with Gasteiger partial charge < -0.3 is 10.1 Å². The van der Waals surface area contributed by atoms with Crippen LogP contribution in [0.3, 0.4) is 0 Å². The molecule has 2 heterocycles. The highest BCUT2D eigenvalue weighted by atomic mass is 32.1. The van der Waals surface area contributed by atoms with Gasteiger partial charge in [0.2, 0.25) is 0 Å². The Morgan fingerprint density at radius 1 is 1.20 bits per heavy atom. The standard InChI is InChI=1S/C17H19NOS/c1-18-16(15-10-12-5-3-7-14(12)20-15)13-6-2-4-11-8-9-19-17(11)13/h2,4,6,10,16,18H,3,5,7-9H2,1H3. The number of para-hydroxylation sites is 1. The van der Waals surface area contributed by atoms with Gasteiger partial charge >= 0.3 is 0 Å². The fraction of sp³-hybridized carbons (Fsp3) is 0.412. The van der Waals surface area contributed by atoms with Gasteiger partial charge in [-0.25, -0.2) is 0 Å². The first-order valence-electron chi connectivity index (χ1n) is 7.40. The summed E-state index contributed by atoms with van der Waals surface area (Å²) < 4.78 is 5.88. The summed E-state index contributed by atoms with van der Waals surface area (Å²) in [6.45, 7) is 0.823. The molecule has 0 fully saturated rings. The Morgan fingerprint density at radius 3 is 3.00 bits per heavy atom. The van der Waals surface area contributed by atoms with Gasteiger partial charge in [-0.2, -0.15) is 0 Å². The van der Waals surface area contributed by atoms with Gasteiger partial charge in [-0.05, 0) is 43.5 Å². The van der Waals surface area contributed by atoms with E-state index in [1.54, 1.807) is 10.4 Å². The van der Waals surface area contributed by atoms with Crippen LogP contribution in [0.5, 0.6) is 5.75 Å². The summed E-state index contributed by atoms with van der Waals surface area (Å²) in [4.78, 5) is 3.02. The summed E-state index contributed by atoms with van der Waals surface area (Å²) in [5.41, 5.74) is 4.22. The van der Waals surface area contributed by atoms with E-state index in [1.807, 2.05) is 18.4 Å². The highest BCUT2D eigenvalue weighted by Crippen LogP contribution is 2.40. The largest absolute Gasteiger partial charge is 0.493 e. The first-order valence-corrected chi connectivity index (χ1v) is 8.22. The minimum Gasteiger partial charge on any atom is -0.493 e. The maximum absolute atomic E-state index is 5.88. The van der Waals surface area contributed by atoms with Gasteiger partial charge in [-0.15, -0.1) is 11.3 Å². The lowest BCUT2D eigenvalue weighted by molar-refractivity contribution is 0.351. The third-order valence-corrected chi connectivity index (χ3v) is 5.70. The molecule has 4 rings (SSSR count). The number of benzene rings is 1. The molecule has 0 saturated carbocycles. The Hall–Kier alpha value is -1.32. The van der Waals surface area contributed by atoms with Crippen molar-refractivity contribution in [2.75, 3.05) is 13.7 Å². The molecule has 0 amide bonds. The van der Waals surface area contributed by atoms with Gasteiger partial charge in [0.05, 0.1) is 12.6 Å². The fourth-order valence-electron chi connectivity index (χ4n) is 3.41. The summed E-state index contributed by atoms with van der Waals surface area (Å²) in [6, 6.07) is 9.22. The Bertz CT molecular complexity index is 625. The smallest absolute Gasteiger partial charge is 0.127 e. The molecule has 0 radical (unpaired) electrons. The van der Waals surface area contributed by atoms with E-state index in [-0.39, 0.29) is 6.04 Å². The van der Waals surface area contributed by atoms with Gasteiger partial charge in [0.1, 0.15) is 5.75 Å². The number of fused-ring (bicyclic) bond motifs is 2. The summed E-state index contributed by atoms with van der Waals surface area (Å²) in [5.74, 6) is 1.11. The van der Waals surface area contributed by atoms with Crippen molar-refractivity contribution in [3.8, 4) is 5.75 Å². The Kier molecular flexibility index (Phi) is 3.04. The minimum absolute atomic E-state index is 0.263. The second kappa shape index (κ2) is 4.90. The van der Waals surface area contributed by atoms with Gasteiger partial charge in [0, 0.05) is 21.7 Å². The molecule has 0 saturated heterocycles. The lowest BCUT2D eigenvalue weighted by Crippen LogP contribution is -2.17. The Labute approximate surface area is 123 Å². The predicted molar refractivity (Wildman–Crippen MR) is 82.9 cm³/mol. The van der Waals surface area contributed by atoms with Crippen molar-refractivity contribution in [3.63, 3.8) is 0 Å². The van der Waals surface area contributed by atoms with Crippen LogP contribution in [-0.4, -0.2) is 13.7 Å². The van der Waals surface area contributed by atoms with Crippen molar-refractivity contribution >= 4 is 11.3 Å². The van der Waals surface area contributed by atoms with E-state index in [2.05, 4.69) is 29.6 Å². The molecule has 20 heavy (non-hydrogen) atoms. The van der Waals surface area contributed by atoms with Crippen molar-refractivity contribution in [3.05, 3.63) is 50.7 Å². The predicted octanol–water partition coefficient (Wildman–Crippen LogP) is 3.48. The van der Waals surface area contributed by atoms with Crippen molar-refractivity contribution in [1.82, 2.24) is 5.32 Å². The minimum atomic E-state index is 0.263. The summed E-state index contributed by atoms with van der Waals surface area (Å²) >= 11 is 1.98. The zero-order valence-corrected chi connectivity index (χ0v) is 12.6. The second-order valence-electron chi connectivity index (χ2n) is 5.61. The topological polar surface area (TPSA) is 21.3 Å². The fourth-order valence-corrected chi connectivity index (χ4v) is 4.80. The SMILES string of the molecule is CNC(c1cc2c(s1)CCC2)c1cccc2c1OCC2. The molecular weight excluding hydrogens is 266 g/mol. The van der Waals surface area contributed by atoms with Crippen LogP contribution in [0.2, 0.25) is 0 Å². The van der Waals surface area contributed by atoms with E-state index in [1.165, 1.54) is 35.3 Å². The van der Waals surface area contributed by atoms with E-state index < -0.39 is 0 Å². The van der Waals surface area contributed by atoms with Crippen LogP contribution in [0.25, 0.3) is 0 Å². The molecular formula is C17H19NOS. The third kappa shape index (κ3) is 1.88. The van der Waals surface area contributed by atoms with Crippen LogP contribution in [0.4, 0.5) is 0 Å². The van der Waals surface area contributed by atoms with E-state index in [9.17, 15) is 0 Å². The van der Waals surface area contributed by atoms with Crippen LogP contribution in [0, 0.1) is 0 Å². The van der Waals surface area contributed by atoms with Crippen LogP contribution in [-0.2, 0) is 19.3 Å². The zero-order chi connectivity index (χ0) is 13.5. The molecule has 1 unspecified atom stereocenters. The second-order valence-corrected chi connectivity index (χ2v) is 6.77. The summed E-state index contributed by atoms with van der Waals surface area (Å²) in [7, 11) is 2.05. The molecule has 1 aromatic carbocycles. The normalized spacial score (nSPS) is 17.6. The summed E-state index contributed by atoms with van der Waals surface area (Å²) in [5, 5.41) is 3.48. The number of hydrogen-bond donors (Lipinski definition) is 1. The number of rotatable bonds is 3. The van der Waals surface area contributed by atoms with Crippen molar-refractivity contribution in [2.45, 2.75) is 31.7 Å². The van der Waals surface area contributed by atoms with Crippen molar-refractivity contribution in [1.29, 1.82) is 0 Å². The molecule has 3 heteroatoms. The molecule has 1 N–H and O–H groups in total. The molecule has 2 nitrogen and oxygen atoms in total. The maximum atomic E-state index is 5.88. The third-order valence-electron chi connectivity index (χ3n) is 4.39. The van der Waals surface area contributed by atoms with E-state index in [0.717, 1.165) is 18.8 Å². The molecule has 0 spiro atoms. The number of ether oxygens (including phenoxy) is 1. The van der Waals surface area contributed by atoms with Crippen LogP contribution >= 0.6 is 11.3 Å². The van der Waals surface area contributed by atoms with Crippen LogP contribution in [0.1, 0.15) is 38.9 Å². The Balaban J connectivity index is 1.76. The van der Waals surface area contributed by atoms with E-state index in [4.69, 9.17) is 4.74 Å². The van der Waals surface area contributed by atoms with Crippen LogP contribution in [0.15, 0.2) is 24.3 Å². The summed E-state index contributed by atoms with van der Waals surface area (Å²) in [6.07, 6.45) is 4.89. The molecule has 1 atom stereocenters. The molecule has 1 aliphatic heterocycles. The molecule has 104 valence electrons. The quantitative estimate of drug-likeness (QED) is 0.932. The van der Waals surface area contributed by atoms with Gasteiger partial charge in [-0.1, -0.05) is 18.2 Å². The highest BCUT2D eigenvalue weighted by Gasteiger charge is 2.25. The van der Waals surface area contributed by atoms with Crippen molar-refractivity contribution < 1.29 is 4.74 Å². The van der Waals surface area contributed by atoms with Gasteiger partial charge in [0.15, 0.2) is 0 Å². The van der Waals surface area contributed by atoms with E-state index in [0.29, 0.717) is 0 Å². The lowest BCUT2D eigenvalue weighted by Gasteiger charge is -2.18. The zero-order valence-electron chi connectivity index (χ0n) is 11.7. The lowest BCUT2D eigenvalue weighted by atomic mass is 10.0. The average molecular weight is 285 g/mol. The molecule has 2 aliphatic rings. The number of nitrogens with one attached hydrogen (secondary N) is 1. The average Bonchev–Trinajstić information content (AvgIpc) is 3.14. The van der Waals surface area contributed by atoms with Crippen LogP contribution < -0.4 is 10.1 Å². The number of thiophene rings is 1. The molecule has 2 aromatic rings. The first kappa shape index (κ1) is 12.4. The van der Waals surface area contributed by atoms with Gasteiger partial charge in [-0.3, -0.25) is 0 Å². The number of hydrogen-bond acceptors (Lipinski definition) is 3. The van der Waals surface area contributed by atoms with Gasteiger partial charge in [0.25, 0.3) is 0 Å². The molecule has 0 bridgehead atoms. The maximum Gasteiger partial charge on any atom is 0.127 e. The highest BCUT2D eigenvalue weighted by molar-refractivity contribution is 7.12. The van der Waals surface area contributed by atoms with Crippen molar-refractivity contribution in [2.24, 2.45) is 0 Å².